The van der Waals surface area contributed by atoms with E-state index in [0.29, 0.717) is 0 Å². The molecule has 41 heavy (non-hydrogen) atoms. The molecule has 0 bridgehead atoms. The van der Waals surface area contributed by atoms with Crippen LogP contribution in [0.5, 0.6) is 0 Å². The van der Waals surface area contributed by atoms with E-state index in [1.807, 2.05) is 6.92 Å². The molecule has 2 atom stereocenters. The molecule has 2 aliphatic rings. The second kappa shape index (κ2) is 12.4. The molecule has 4 rings (SSSR count). The first-order valence-corrected chi connectivity index (χ1v) is 13.7. The van der Waals surface area contributed by atoms with Crippen molar-refractivity contribution in [2.75, 3.05) is 26.7 Å². The number of amides is 3. The van der Waals surface area contributed by atoms with Crippen LogP contribution < -0.4 is 5.32 Å². The number of methoxy groups -OCH3 is 1. The summed E-state index contributed by atoms with van der Waals surface area (Å²) in [5.74, 6) is -3.31. The summed E-state index contributed by atoms with van der Waals surface area (Å²) >= 11 is 6.81. The monoisotopic (exact) mass is 583 g/mol. The van der Waals surface area contributed by atoms with E-state index in [1.165, 1.54) is 36.3 Å². The number of nitrogens with zero attached hydrogens (tertiary/aromatic N) is 2. The van der Waals surface area contributed by atoms with Crippen molar-refractivity contribution < 1.29 is 27.9 Å². The minimum atomic E-state index is -1.95. The number of carbonyl (C=O) groups is 3. The van der Waals surface area contributed by atoms with Gasteiger partial charge in [-0.05, 0) is 43.2 Å². The number of rotatable bonds is 7. The van der Waals surface area contributed by atoms with Crippen LogP contribution in [0.15, 0.2) is 78.3 Å². The molecule has 1 fully saturated rings. The second-order valence-corrected chi connectivity index (χ2v) is 10.6. The van der Waals surface area contributed by atoms with E-state index in [0.717, 1.165) is 18.1 Å². The van der Waals surface area contributed by atoms with Crippen LogP contribution in [0, 0.1) is 5.82 Å². The lowest BCUT2D eigenvalue weighted by molar-refractivity contribution is -0.137. The van der Waals surface area contributed by atoms with Crippen molar-refractivity contribution in [3.8, 4) is 0 Å². The number of allylic oxidation sites excluding steroid dienone is 1. The average Bonchev–Trinajstić information content (AvgIpc) is 2.98. The van der Waals surface area contributed by atoms with Gasteiger partial charge in [-0.1, -0.05) is 55.4 Å². The molecule has 7 nitrogen and oxygen atoms in total. The third-order valence-corrected chi connectivity index (χ3v) is 7.96. The van der Waals surface area contributed by atoms with Gasteiger partial charge in [-0.25, -0.2) is 8.78 Å². The number of benzene rings is 2. The van der Waals surface area contributed by atoms with Crippen molar-refractivity contribution in [1.29, 1.82) is 0 Å². The zero-order valence-electron chi connectivity index (χ0n) is 23.2. The Hall–Kier alpha value is -3.82. The maximum absolute atomic E-state index is 16.6. The van der Waals surface area contributed by atoms with Crippen LogP contribution >= 0.6 is 11.6 Å². The van der Waals surface area contributed by atoms with E-state index < -0.39 is 40.3 Å². The van der Waals surface area contributed by atoms with Crippen LogP contribution in [0.25, 0.3) is 5.57 Å². The molecule has 0 saturated carbocycles. The van der Waals surface area contributed by atoms with Crippen molar-refractivity contribution in [3.05, 3.63) is 101 Å². The van der Waals surface area contributed by atoms with Gasteiger partial charge in [-0.15, -0.1) is 0 Å². The molecule has 0 aromatic heterocycles. The smallest absolute Gasteiger partial charge is 0.255 e. The Balaban J connectivity index is 1.82. The molecule has 1 aliphatic carbocycles. The van der Waals surface area contributed by atoms with Gasteiger partial charge < -0.3 is 19.9 Å². The minimum absolute atomic E-state index is 0.131. The molecule has 216 valence electrons. The topological polar surface area (TPSA) is 79.0 Å². The number of nitrogens with one attached hydrogen (secondary N) is 1. The maximum Gasteiger partial charge on any atom is 0.255 e. The van der Waals surface area contributed by atoms with Gasteiger partial charge >= 0.3 is 0 Å². The minimum Gasteiger partial charge on any atom is -0.358 e. The predicted molar refractivity (Wildman–Crippen MR) is 153 cm³/mol. The first-order valence-electron chi connectivity index (χ1n) is 13.3. The number of ether oxygens (including phenoxy) is 1. The van der Waals surface area contributed by atoms with Crippen LogP contribution in [-0.4, -0.2) is 65.4 Å². The highest BCUT2D eigenvalue weighted by Crippen LogP contribution is 2.48. The highest BCUT2D eigenvalue weighted by molar-refractivity contribution is 6.30. The molecule has 3 amide bonds. The van der Waals surface area contributed by atoms with Crippen LogP contribution in [0.4, 0.5) is 8.78 Å². The van der Waals surface area contributed by atoms with E-state index in [1.54, 1.807) is 36.1 Å². The Labute approximate surface area is 243 Å². The lowest BCUT2D eigenvalue weighted by Gasteiger charge is -2.42. The van der Waals surface area contributed by atoms with Crippen molar-refractivity contribution >= 4 is 34.9 Å². The number of piperazine rings is 1. The lowest BCUT2D eigenvalue weighted by atomic mass is 9.86. The molecule has 1 aliphatic heterocycles. The number of halogens is 3. The van der Waals surface area contributed by atoms with Gasteiger partial charge in [-0.3, -0.25) is 14.4 Å². The van der Waals surface area contributed by atoms with Crippen molar-refractivity contribution in [1.82, 2.24) is 15.1 Å². The molecule has 1 heterocycles. The number of hydrogen-bond donors (Lipinski definition) is 1. The van der Waals surface area contributed by atoms with Crippen LogP contribution in [0.1, 0.15) is 41.8 Å². The van der Waals surface area contributed by atoms with E-state index in [2.05, 4.69) is 11.9 Å². The zero-order chi connectivity index (χ0) is 29.9. The molecule has 10 heteroatoms. The van der Waals surface area contributed by atoms with Crippen LogP contribution in [0.2, 0.25) is 0 Å². The van der Waals surface area contributed by atoms with E-state index in [-0.39, 0.29) is 54.2 Å². The fourth-order valence-corrected chi connectivity index (χ4v) is 5.45. The number of carbonyl (C=O) groups excluding carboxylic acids is 3. The molecule has 0 spiro atoms. The predicted octanol–water partition coefficient (Wildman–Crippen LogP) is 4.98. The molecule has 2 aromatic carbocycles. The highest BCUT2D eigenvalue weighted by Gasteiger charge is 2.46. The Morgan fingerprint density at radius 3 is 2.41 bits per heavy atom. The summed E-state index contributed by atoms with van der Waals surface area (Å²) < 4.78 is 37.0. The largest absolute Gasteiger partial charge is 0.358 e. The summed E-state index contributed by atoms with van der Waals surface area (Å²) in [4.78, 5) is 42.5. The number of aryl methyl sites for hydroxylation is 1. The zero-order valence-corrected chi connectivity index (χ0v) is 23.9. The normalized spacial score (nSPS) is 21.2. The third-order valence-electron chi connectivity index (χ3n) is 7.48. The molecular weight excluding hydrogens is 552 g/mol. The fourth-order valence-electron chi connectivity index (χ4n) is 5.14. The summed E-state index contributed by atoms with van der Waals surface area (Å²) in [6.45, 7) is 7.90. The number of alkyl halides is 1. The Morgan fingerprint density at radius 1 is 1.15 bits per heavy atom. The molecule has 1 unspecified atom stereocenters. The highest BCUT2D eigenvalue weighted by atomic mass is 35.5. The summed E-state index contributed by atoms with van der Waals surface area (Å²) in [7, 11) is 1.24. The maximum atomic E-state index is 16.6. The average molecular weight is 584 g/mol. The first kappa shape index (κ1) is 30.1. The van der Waals surface area contributed by atoms with Crippen molar-refractivity contribution in [2.45, 2.75) is 37.8 Å². The fraction of sp³-hybridized carbons (Fsp3) is 0.323. The number of hydrogen-bond acceptors (Lipinski definition) is 4. The molecule has 0 radical (unpaired) electrons. The SMILES string of the molecule is C=CC(=O)N1CCN(C(=O)C2=C(NC(=O)c3ccc(CC)cc3)C(F)=C(c3ccccc3F)C(Cl)(OC)C2)[C@@H](C)C1. The van der Waals surface area contributed by atoms with E-state index >= 15 is 4.39 Å². The van der Waals surface area contributed by atoms with Crippen LogP contribution in [-0.2, 0) is 20.7 Å². The first-order chi connectivity index (χ1) is 19.5. The van der Waals surface area contributed by atoms with Crippen molar-refractivity contribution in [2.24, 2.45) is 0 Å². The molecule has 1 N–H and O–H groups in total. The Kier molecular flexibility index (Phi) is 9.09. The van der Waals surface area contributed by atoms with Gasteiger partial charge in [0, 0.05) is 61.5 Å². The molecule has 2 aromatic rings. The van der Waals surface area contributed by atoms with Crippen molar-refractivity contribution in [3.63, 3.8) is 0 Å². The third kappa shape index (κ3) is 5.96. The van der Waals surface area contributed by atoms with Gasteiger partial charge in [0.25, 0.3) is 11.8 Å². The Morgan fingerprint density at radius 2 is 1.83 bits per heavy atom. The summed E-state index contributed by atoms with van der Waals surface area (Å²) in [5.41, 5.74) is 0.245. The quantitative estimate of drug-likeness (QED) is 0.368. The summed E-state index contributed by atoms with van der Waals surface area (Å²) in [6.07, 6.45) is 1.62. The van der Waals surface area contributed by atoms with Gasteiger partial charge in [0.1, 0.15) is 5.82 Å². The Bertz CT molecular complexity index is 1440. The second-order valence-electron chi connectivity index (χ2n) is 9.97. The van der Waals surface area contributed by atoms with Gasteiger partial charge in [0.05, 0.1) is 5.70 Å². The van der Waals surface area contributed by atoms with Gasteiger partial charge in [0.15, 0.2) is 10.9 Å². The lowest BCUT2D eigenvalue weighted by Crippen LogP contribution is -2.56. The molecular formula is C31H32ClF2N3O4. The van der Waals surface area contributed by atoms with E-state index in [4.69, 9.17) is 16.3 Å². The summed E-state index contributed by atoms with van der Waals surface area (Å²) in [5, 5.41) is 0.624. The van der Waals surface area contributed by atoms with Gasteiger partial charge in [-0.2, -0.15) is 0 Å². The standard InChI is InChI=1S/C31H32ClF2N3O4/c1-5-20-11-13-21(14-12-20)29(39)35-28-23(30(40)37-16-15-36(18-19(37)3)25(38)6-2)17-31(32,41-4)26(27(28)34)22-9-7-8-10-24(22)33/h6-14,19H,2,5,15-18H2,1,3-4H3,(H,35,39)/t19-,31?/m0/s1. The van der Waals surface area contributed by atoms with E-state index in [9.17, 15) is 18.8 Å². The van der Waals surface area contributed by atoms with Gasteiger partial charge in [0.2, 0.25) is 5.91 Å². The van der Waals surface area contributed by atoms with Crippen LogP contribution in [0.3, 0.4) is 0 Å². The molecule has 1 saturated heterocycles. The summed E-state index contributed by atoms with van der Waals surface area (Å²) in [6, 6.07) is 11.8.